The maximum absolute atomic E-state index is 11.7. The van der Waals surface area contributed by atoms with E-state index in [1.54, 1.807) is 14.1 Å². The Kier molecular flexibility index (Phi) is 5.74. The third-order valence-electron chi connectivity index (χ3n) is 2.28. The number of nitrogens with zero attached hydrogens (tertiary/aromatic N) is 1. The highest BCUT2D eigenvalue weighted by atomic mass is 32.2. The van der Waals surface area contributed by atoms with Crippen LogP contribution in [0.5, 0.6) is 0 Å². The van der Waals surface area contributed by atoms with Crippen LogP contribution in [0.2, 0.25) is 0 Å². The van der Waals surface area contributed by atoms with Gasteiger partial charge in [0.1, 0.15) is 0 Å². The molecule has 0 aliphatic carbocycles. The maximum Gasteiger partial charge on any atom is 0.228 e. The fourth-order valence-corrected chi connectivity index (χ4v) is 2.80. The van der Waals surface area contributed by atoms with Gasteiger partial charge in [-0.25, -0.2) is 13.4 Å². The molecule has 5 nitrogen and oxygen atoms in total. The summed E-state index contributed by atoms with van der Waals surface area (Å²) in [6.45, 7) is 3.77. The summed E-state index contributed by atoms with van der Waals surface area (Å²) in [6, 6.07) is 7.59. The van der Waals surface area contributed by atoms with E-state index < -0.39 is 10.0 Å². The van der Waals surface area contributed by atoms with Gasteiger partial charge in [-0.05, 0) is 17.7 Å². The Balaban J connectivity index is 2.63. The molecular weight excluding hydrogens is 250 g/mol. The number of hydrogen-bond acceptors (Lipinski definition) is 4. The Morgan fingerprint density at radius 3 is 2.17 bits per heavy atom. The van der Waals surface area contributed by atoms with Gasteiger partial charge >= 0.3 is 0 Å². The van der Waals surface area contributed by atoms with Crippen LogP contribution in [-0.2, 0) is 22.3 Å². The number of hydrogen-bond donors (Lipinski definition) is 2. The van der Waals surface area contributed by atoms with Crippen LogP contribution in [0.15, 0.2) is 24.3 Å². The van der Waals surface area contributed by atoms with Crippen LogP contribution in [-0.4, -0.2) is 34.1 Å². The summed E-state index contributed by atoms with van der Waals surface area (Å²) >= 11 is 0. The zero-order chi connectivity index (χ0) is 13.6. The molecule has 6 heteroatoms. The molecule has 0 atom stereocenters. The molecule has 18 heavy (non-hydrogen) atoms. The third-order valence-corrected chi connectivity index (χ3v) is 3.64. The number of sulfonamides is 1. The molecule has 0 amide bonds. The van der Waals surface area contributed by atoms with Crippen LogP contribution in [0, 0.1) is 0 Å². The van der Waals surface area contributed by atoms with Crippen LogP contribution >= 0.6 is 0 Å². The molecule has 0 saturated carbocycles. The van der Waals surface area contributed by atoms with Gasteiger partial charge in [-0.1, -0.05) is 31.2 Å². The van der Waals surface area contributed by atoms with Crippen molar-refractivity contribution >= 4 is 10.0 Å². The molecule has 0 bridgehead atoms. The van der Waals surface area contributed by atoms with Gasteiger partial charge in [0.15, 0.2) is 0 Å². The molecule has 0 unspecified atom stereocenters. The van der Waals surface area contributed by atoms with Crippen molar-refractivity contribution in [2.24, 2.45) is 0 Å². The lowest BCUT2D eigenvalue weighted by molar-refractivity contribution is 0.363. The quantitative estimate of drug-likeness (QED) is 0.716. The maximum atomic E-state index is 11.7. The molecule has 0 aliphatic rings. The van der Waals surface area contributed by atoms with Gasteiger partial charge in [0.05, 0.1) is 5.75 Å². The van der Waals surface area contributed by atoms with Crippen molar-refractivity contribution in [3.05, 3.63) is 35.4 Å². The lowest BCUT2D eigenvalue weighted by atomic mass is 10.1. The zero-order valence-corrected chi connectivity index (χ0v) is 11.9. The topological polar surface area (TPSA) is 61.4 Å². The molecule has 1 rings (SSSR count). The van der Waals surface area contributed by atoms with Gasteiger partial charge in [-0.3, -0.25) is 0 Å². The molecule has 0 fully saturated rings. The molecule has 0 saturated heterocycles. The fourth-order valence-electron chi connectivity index (χ4n) is 1.55. The monoisotopic (exact) mass is 271 g/mol. The van der Waals surface area contributed by atoms with E-state index in [-0.39, 0.29) is 5.75 Å². The predicted octanol–water partition coefficient (Wildman–Crippen LogP) is 0.692. The first kappa shape index (κ1) is 15.1. The van der Waals surface area contributed by atoms with E-state index in [9.17, 15) is 8.42 Å². The van der Waals surface area contributed by atoms with Crippen molar-refractivity contribution in [2.75, 3.05) is 20.6 Å². The van der Waals surface area contributed by atoms with Crippen LogP contribution < -0.4 is 10.1 Å². The van der Waals surface area contributed by atoms with E-state index in [0.717, 1.165) is 24.2 Å². The third kappa shape index (κ3) is 5.59. The number of hydrazine groups is 1. The molecule has 0 radical (unpaired) electrons. The van der Waals surface area contributed by atoms with Crippen LogP contribution in [0.3, 0.4) is 0 Å². The highest BCUT2D eigenvalue weighted by Crippen LogP contribution is 2.07. The number of benzene rings is 1. The smallest absolute Gasteiger partial charge is 0.228 e. The second kappa shape index (κ2) is 6.84. The Bertz CT molecular complexity index is 455. The lowest BCUT2D eigenvalue weighted by Crippen LogP contribution is -2.36. The minimum absolute atomic E-state index is 0.00728. The van der Waals surface area contributed by atoms with Crippen molar-refractivity contribution < 1.29 is 8.42 Å². The fraction of sp³-hybridized carbons (Fsp3) is 0.500. The van der Waals surface area contributed by atoms with Gasteiger partial charge in [0.25, 0.3) is 0 Å². The average Bonchev–Trinajstić information content (AvgIpc) is 2.26. The predicted molar refractivity (Wildman–Crippen MR) is 73.3 cm³/mol. The van der Waals surface area contributed by atoms with Crippen molar-refractivity contribution in [3.8, 4) is 0 Å². The van der Waals surface area contributed by atoms with Gasteiger partial charge < -0.3 is 5.32 Å². The Morgan fingerprint density at radius 1 is 1.11 bits per heavy atom. The number of nitrogens with one attached hydrogen (secondary N) is 2. The van der Waals surface area contributed by atoms with E-state index in [1.807, 2.05) is 31.2 Å². The first-order valence-electron chi connectivity index (χ1n) is 5.89. The SMILES string of the molecule is CCNCc1ccc(CS(=O)(=O)NN(C)C)cc1. The van der Waals surface area contributed by atoms with Crippen molar-refractivity contribution in [1.29, 1.82) is 0 Å². The molecule has 0 aliphatic heterocycles. The molecular formula is C12H21N3O2S. The van der Waals surface area contributed by atoms with Gasteiger partial charge in [0.2, 0.25) is 10.0 Å². The summed E-state index contributed by atoms with van der Waals surface area (Å²) in [4.78, 5) is 2.41. The lowest BCUT2D eigenvalue weighted by Gasteiger charge is -2.12. The highest BCUT2D eigenvalue weighted by molar-refractivity contribution is 7.88. The first-order valence-corrected chi connectivity index (χ1v) is 7.54. The van der Waals surface area contributed by atoms with Crippen LogP contribution in [0.1, 0.15) is 18.1 Å². The molecule has 0 aromatic heterocycles. The Morgan fingerprint density at radius 2 is 1.67 bits per heavy atom. The van der Waals surface area contributed by atoms with Crippen molar-refractivity contribution in [3.63, 3.8) is 0 Å². The minimum Gasteiger partial charge on any atom is -0.313 e. The van der Waals surface area contributed by atoms with Crippen molar-refractivity contribution in [1.82, 2.24) is 15.2 Å². The molecule has 1 aromatic rings. The molecule has 1 aromatic carbocycles. The van der Waals surface area contributed by atoms with E-state index in [1.165, 1.54) is 5.01 Å². The molecule has 2 N–H and O–H groups in total. The van der Waals surface area contributed by atoms with E-state index in [4.69, 9.17) is 0 Å². The normalized spacial score (nSPS) is 12.0. The molecule has 0 heterocycles. The highest BCUT2D eigenvalue weighted by Gasteiger charge is 2.11. The Labute approximate surface area is 109 Å². The standard InChI is InChI=1S/C12H21N3O2S/c1-4-13-9-11-5-7-12(8-6-11)10-18(16,17)14-15(2)3/h5-8,13-14H,4,9-10H2,1-3H3. The zero-order valence-electron chi connectivity index (χ0n) is 11.1. The summed E-state index contributed by atoms with van der Waals surface area (Å²) in [6.07, 6.45) is 0. The number of rotatable bonds is 7. The minimum atomic E-state index is -3.30. The van der Waals surface area contributed by atoms with Gasteiger partial charge in [-0.15, -0.1) is 4.83 Å². The Hall–Kier alpha value is -0.950. The van der Waals surface area contributed by atoms with E-state index >= 15 is 0 Å². The first-order chi connectivity index (χ1) is 8.43. The van der Waals surface area contributed by atoms with E-state index in [2.05, 4.69) is 10.1 Å². The summed E-state index contributed by atoms with van der Waals surface area (Å²) in [7, 11) is -0.00365. The van der Waals surface area contributed by atoms with Crippen LogP contribution in [0.4, 0.5) is 0 Å². The van der Waals surface area contributed by atoms with Crippen LogP contribution in [0.25, 0.3) is 0 Å². The summed E-state index contributed by atoms with van der Waals surface area (Å²) in [5.41, 5.74) is 1.93. The summed E-state index contributed by atoms with van der Waals surface area (Å²) < 4.78 is 23.4. The van der Waals surface area contributed by atoms with Gasteiger partial charge in [-0.2, -0.15) is 0 Å². The van der Waals surface area contributed by atoms with E-state index in [0.29, 0.717) is 0 Å². The second-order valence-corrected chi connectivity index (χ2v) is 6.04. The average molecular weight is 271 g/mol. The second-order valence-electron chi connectivity index (χ2n) is 4.34. The molecule has 0 spiro atoms. The summed E-state index contributed by atoms with van der Waals surface area (Å²) in [5, 5.41) is 4.65. The summed E-state index contributed by atoms with van der Waals surface area (Å²) in [5.74, 6) is -0.00728. The van der Waals surface area contributed by atoms with Crippen molar-refractivity contribution in [2.45, 2.75) is 19.2 Å². The largest absolute Gasteiger partial charge is 0.313 e. The van der Waals surface area contributed by atoms with Gasteiger partial charge in [0, 0.05) is 20.6 Å². The molecule has 102 valence electrons.